The van der Waals surface area contributed by atoms with Gasteiger partial charge in [0.1, 0.15) is 5.78 Å². The van der Waals surface area contributed by atoms with Gasteiger partial charge in [-0.05, 0) is 25.3 Å². The Kier molecular flexibility index (Phi) is 5.65. The highest BCUT2D eigenvalue weighted by Gasteiger charge is 2.19. The smallest absolute Gasteiger partial charge is 0.313 e. The summed E-state index contributed by atoms with van der Waals surface area (Å²) in [6.45, 7) is 2.10. The number of carbonyl (C=O) groups excluding carboxylic acids is 1. The van der Waals surface area contributed by atoms with Crippen LogP contribution in [0.4, 0.5) is 0 Å². The molecule has 0 saturated carbocycles. The Labute approximate surface area is 160 Å². The number of hydrogen-bond acceptors (Lipinski definition) is 5. The van der Waals surface area contributed by atoms with Crippen molar-refractivity contribution in [2.45, 2.75) is 31.5 Å². The third kappa shape index (κ3) is 3.90. The predicted octanol–water partition coefficient (Wildman–Crippen LogP) is 1.75. The van der Waals surface area contributed by atoms with Crippen molar-refractivity contribution in [3.05, 3.63) is 56.7 Å². The molecule has 0 aliphatic heterocycles. The van der Waals surface area contributed by atoms with Crippen LogP contribution in [-0.2, 0) is 31.9 Å². The first-order valence-electron chi connectivity index (χ1n) is 8.72. The molecular weight excluding hydrogens is 364 g/mol. The number of hydrogen-bond donors (Lipinski definition) is 0. The lowest BCUT2D eigenvalue weighted by Crippen LogP contribution is -2.37. The van der Waals surface area contributed by atoms with E-state index >= 15 is 0 Å². The third-order valence-corrected chi connectivity index (χ3v) is 5.53. The molecule has 0 atom stereocenters. The van der Waals surface area contributed by atoms with Crippen molar-refractivity contribution in [1.82, 2.24) is 18.7 Å². The number of Topliss-reactive ketones (excluding diaryl/α,β-unsaturated/α-hetero) is 1. The Hall–Kier alpha value is -2.61. The number of thioether (sulfide) groups is 1. The second-order valence-corrected chi connectivity index (χ2v) is 7.45. The summed E-state index contributed by atoms with van der Waals surface area (Å²) >= 11 is 1.30. The average molecular weight is 386 g/mol. The Morgan fingerprint density at radius 2 is 1.81 bits per heavy atom. The van der Waals surface area contributed by atoms with Crippen LogP contribution in [0.25, 0.3) is 11.2 Å². The number of nitrogens with zero attached hydrogens (tertiary/aromatic N) is 4. The predicted molar refractivity (Wildman–Crippen MR) is 106 cm³/mol. The monoisotopic (exact) mass is 386 g/mol. The van der Waals surface area contributed by atoms with E-state index in [2.05, 4.69) is 17.1 Å². The molecule has 0 saturated heterocycles. The largest absolute Gasteiger partial charge is 0.332 e. The third-order valence-electron chi connectivity index (χ3n) is 4.41. The zero-order valence-corrected chi connectivity index (χ0v) is 16.5. The number of ketones is 1. The summed E-state index contributed by atoms with van der Waals surface area (Å²) in [6, 6.07) is 10.1. The molecule has 0 unspecified atom stereocenters. The first kappa shape index (κ1) is 19.2. The molecule has 0 spiro atoms. The summed E-state index contributed by atoms with van der Waals surface area (Å²) in [5.41, 5.74) is 1.20. The molecule has 3 rings (SSSR count). The lowest BCUT2D eigenvalue weighted by atomic mass is 10.1. The van der Waals surface area contributed by atoms with Gasteiger partial charge in [-0.15, -0.1) is 0 Å². The molecule has 27 heavy (non-hydrogen) atoms. The average Bonchev–Trinajstić information content (AvgIpc) is 3.02. The quantitative estimate of drug-likeness (QED) is 0.578. The van der Waals surface area contributed by atoms with Gasteiger partial charge in [-0.3, -0.25) is 18.7 Å². The molecule has 1 aromatic carbocycles. The standard InChI is InChI=1S/C19H22N4O3S/c1-13(24)12-27-18-20-16-15(17(25)22(3)19(26)21(16)2)23(18)11-7-10-14-8-5-4-6-9-14/h4-6,8-9H,7,10-12H2,1-3H3. The van der Waals surface area contributed by atoms with Gasteiger partial charge in [0.15, 0.2) is 16.3 Å². The summed E-state index contributed by atoms with van der Waals surface area (Å²) in [4.78, 5) is 40.8. The summed E-state index contributed by atoms with van der Waals surface area (Å²) in [5, 5.41) is 0.589. The van der Waals surface area contributed by atoms with E-state index in [0.717, 1.165) is 17.4 Å². The van der Waals surface area contributed by atoms with Crippen molar-refractivity contribution in [2.75, 3.05) is 5.75 Å². The van der Waals surface area contributed by atoms with E-state index in [-0.39, 0.29) is 17.1 Å². The van der Waals surface area contributed by atoms with Gasteiger partial charge in [-0.1, -0.05) is 42.1 Å². The van der Waals surface area contributed by atoms with Crippen molar-refractivity contribution in [3.8, 4) is 0 Å². The van der Waals surface area contributed by atoms with Gasteiger partial charge in [-0.2, -0.15) is 0 Å². The SMILES string of the molecule is CC(=O)CSc1nc2c(c(=O)n(C)c(=O)n2C)n1CCCc1ccccc1. The number of aryl methyl sites for hydroxylation is 3. The molecule has 0 radical (unpaired) electrons. The highest BCUT2D eigenvalue weighted by atomic mass is 32.2. The maximum absolute atomic E-state index is 12.7. The lowest BCUT2D eigenvalue weighted by Gasteiger charge is -2.09. The summed E-state index contributed by atoms with van der Waals surface area (Å²) in [5.74, 6) is 0.306. The van der Waals surface area contributed by atoms with Gasteiger partial charge in [0.25, 0.3) is 5.56 Å². The van der Waals surface area contributed by atoms with Crippen LogP contribution in [0.15, 0.2) is 45.1 Å². The highest BCUT2D eigenvalue weighted by Crippen LogP contribution is 2.22. The lowest BCUT2D eigenvalue weighted by molar-refractivity contribution is -0.114. The number of rotatable bonds is 7. The Morgan fingerprint density at radius 1 is 1.11 bits per heavy atom. The molecule has 0 fully saturated rings. The van der Waals surface area contributed by atoms with Crippen LogP contribution < -0.4 is 11.2 Å². The van der Waals surface area contributed by atoms with Crippen LogP contribution in [0, 0.1) is 0 Å². The molecule has 0 aliphatic rings. The summed E-state index contributed by atoms with van der Waals surface area (Å²) in [6.07, 6.45) is 1.68. The Morgan fingerprint density at radius 3 is 2.48 bits per heavy atom. The van der Waals surface area contributed by atoms with E-state index in [9.17, 15) is 14.4 Å². The Balaban J connectivity index is 2.01. The van der Waals surface area contributed by atoms with Gasteiger partial charge in [0.05, 0.1) is 5.75 Å². The van der Waals surface area contributed by atoms with Gasteiger partial charge < -0.3 is 4.57 Å². The Bertz CT molecular complexity index is 1100. The number of benzene rings is 1. The summed E-state index contributed by atoms with van der Waals surface area (Å²) < 4.78 is 4.31. The van der Waals surface area contributed by atoms with E-state index in [0.29, 0.717) is 22.9 Å². The summed E-state index contributed by atoms with van der Waals surface area (Å²) in [7, 11) is 3.07. The van der Waals surface area contributed by atoms with Gasteiger partial charge in [0.2, 0.25) is 0 Å². The fourth-order valence-electron chi connectivity index (χ4n) is 3.00. The van der Waals surface area contributed by atoms with Crippen molar-refractivity contribution in [2.24, 2.45) is 14.1 Å². The molecule has 3 aromatic rings. The fourth-order valence-corrected chi connectivity index (χ4v) is 3.82. The number of carbonyl (C=O) groups is 1. The fraction of sp³-hybridized carbons (Fsp3) is 0.368. The molecule has 0 N–H and O–H groups in total. The van der Waals surface area contributed by atoms with Crippen LogP contribution >= 0.6 is 11.8 Å². The molecule has 0 amide bonds. The minimum absolute atomic E-state index is 0.0321. The normalized spacial score (nSPS) is 11.2. The minimum Gasteiger partial charge on any atom is -0.313 e. The molecule has 2 aromatic heterocycles. The van der Waals surface area contributed by atoms with E-state index in [1.54, 1.807) is 7.05 Å². The van der Waals surface area contributed by atoms with Crippen LogP contribution in [0.1, 0.15) is 18.9 Å². The highest BCUT2D eigenvalue weighted by molar-refractivity contribution is 7.99. The van der Waals surface area contributed by atoms with E-state index in [4.69, 9.17) is 0 Å². The second-order valence-electron chi connectivity index (χ2n) is 6.50. The number of aromatic nitrogens is 4. The van der Waals surface area contributed by atoms with Crippen LogP contribution in [0.5, 0.6) is 0 Å². The molecule has 0 bridgehead atoms. The molecule has 8 heteroatoms. The van der Waals surface area contributed by atoms with Crippen LogP contribution in [0.3, 0.4) is 0 Å². The van der Waals surface area contributed by atoms with E-state index < -0.39 is 5.69 Å². The van der Waals surface area contributed by atoms with Crippen molar-refractivity contribution < 1.29 is 4.79 Å². The topological polar surface area (TPSA) is 78.9 Å². The first-order valence-corrected chi connectivity index (χ1v) is 9.71. The molecule has 142 valence electrons. The van der Waals surface area contributed by atoms with E-state index in [1.165, 1.54) is 35.9 Å². The number of fused-ring (bicyclic) bond motifs is 1. The first-order chi connectivity index (χ1) is 12.9. The van der Waals surface area contributed by atoms with Gasteiger partial charge in [-0.25, -0.2) is 9.78 Å². The molecular formula is C19H22N4O3S. The van der Waals surface area contributed by atoms with Crippen LogP contribution in [-0.4, -0.2) is 30.2 Å². The maximum atomic E-state index is 12.7. The zero-order chi connectivity index (χ0) is 19.6. The molecule has 0 aliphatic carbocycles. The maximum Gasteiger partial charge on any atom is 0.332 e. The van der Waals surface area contributed by atoms with Crippen LogP contribution in [0.2, 0.25) is 0 Å². The molecule has 7 nitrogen and oxygen atoms in total. The van der Waals surface area contributed by atoms with Gasteiger partial charge >= 0.3 is 5.69 Å². The minimum atomic E-state index is -0.412. The van der Waals surface area contributed by atoms with Crippen molar-refractivity contribution in [1.29, 1.82) is 0 Å². The number of imidazole rings is 1. The second kappa shape index (κ2) is 7.96. The van der Waals surface area contributed by atoms with Gasteiger partial charge in [0, 0.05) is 20.6 Å². The van der Waals surface area contributed by atoms with Crippen molar-refractivity contribution >= 4 is 28.7 Å². The molecule has 2 heterocycles. The van der Waals surface area contributed by atoms with E-state index in [1.807, 2.05) is 22.8 Å². The van der Waals surface area contributed by atoms with Crippen molar-refractivity contribution in [3.63, 3.8) is 0 Å². The zero-order valence-electron chi connectivity index (χ0n) is 15.6.